The highest BCUT2D eigenvalue weighted by Gasteiger charge is 2.39. The van der Waals surface area contributed by atoms with E-state index in [9.17, 15) is 0 Å². The van der Waals surface area contributed by atoms with Crippen molar-refractivity contribution in [2.24, 2.45) is 9.98 Å². The lowest BCUT2D eigenvalue weighted by atomic mass is 10.2. The number of nitrogens with zero attached hydrogens (tertiary/aromatic N) is 2. The lowest BCUT2D eigenvalue weighted by molar-refractivity contribution is -0.135. The van der Waals surface area contributed by atoms with Gasteiger partial charge in [-0.15, -0.1) is 0 Å². The summed E-state index contributed by atoms with van der Waals surface area (Å²) in [5.74, 6) is -0.632. The van der Waals surface area contributed by atoms with Crippen LogP contribution < -0.4 is 0 Å². The Kier molecular flexibility index (Phi) is 5.74. The van der Waals surface area contributed by atoms with Gasteiger partial charge in [0, 0.05) is 12.4 Å². The van der Waals surface area contributed by atoms with Crippen molar-refractivity contribution in [2.45, 2.75) is 44.9 Å². The van der Waals surface area contributed by atoms with Crippen molar-refractivity contribution in [3.05, 3.63) is 71.8 Å². The predicted octanol–water partition coefficient (Wildman–Crippen LogP) is 4.05. The Hall–Kier alpha value is -2.30. The molecule has 25 heavy (non-hydrogen) atoms. The van der Waals surface area contributed by atoms with Crippen LogP contribution in [0.2, 0.25) is 0 Å². The minimum absolute atomic E-state index is 0.224. The molecule has 2 atom stereocenters. The molecule has 4 heteroatoms. The average Bonchev–Trinajstić information content (AvgIpc) is 2.91. The third kappa shape index (κ3) is 5.34. The molecule has 0 radical (unpaired) electrons. The molecule has 0 unspecified atom stereocenters. The second-order valence-electron chi connectivity index (χ2n) is 6.52. The zero-order valence-corrected chi connectivity index (χ0v) is 14.7. The maximum absolute atomic E-state index is 5.94. The molecule has 2 aromatic carbocycles. The van der Waals surface area contributed by atoms with Gasteiger partial charge in [-0.1, -0.05) is 60.7 Å². The molecule has 4 nitrogen and oxygen atoms in total. The van der Waals surface area contributed by atoms with Gasteiger partial charge in [-0.05, 0) is 25.0 Å². The van der Waals surface area contributed by atoms with E-state index in [1.165, 1.54) is 11.1 Å². The molecule has 0 bridgehead atoms. The van der Waals surface area contributed by atoms with Gasteiger partial charge in [-0.25, -0.2) is 0 Å². The highest BCUT2D eigenvalue weighted by Crippen LogP contribution is 2.26. The summed E-state index contributed by atoms with van der Waals surface area (Å²) in [6.07, 6.45) is 3.22. The maximum Gasteiger partial charge on any atom is 0.164 e. The third-order valence-corrected chi connectivity index (χ3v) is 3.90. The van der Waals surface area contributed by atoms with E-state index in [0.717, 1.165) is 0 Å². The first-order valence-corrected chi connectivity index (χ1v) is 8.56. The van der Waals surface area contributed by atoms with Crippen molar-refractivity contribution < 1.29 is 9.47 Å². The summed E-state index contributed by atoms with van der Waals surface area (Å²) in [4.78, 5) is 9.03. The Balaban J connectivity index is 1.60. The smallest absolute Gasteiger partial charge is 0.164 e. The van der Waals surface area contributed by atoms with Crippen molar-refractivity contribution in [2.75, 3.05) is 0 Å². The van der Waals surface area contributed by atoms with Gasteiger partial charge in [-0.2, -0.15) is 0 Å². The highest BCUT2D eigenvalue weighted by atomic mass is 16.7. The van der Waals surface area contributed by atoms with E-state index in [1.54, 1.807) is 0 Å². The molecule has 0 N–H and O–H groups in total. The van der Waals surface area contributed by atoms with E-state index in [-0.39, 0.29) is 12.2 Å². The van der Waals surface area contributed by atoms with Crippen molar-refractivity contribution in [3.8, 4) is 0 Å². The average molecular weight is 336 g/mol. The second-order valence-corrected chi connectivity index (χ2v) is 6.52. The minimum Gasteiger partial charge on any atom is -0.338 e. The number of hydrogen-bond acceptors (Lipinski definition) is 4. The van der Waals surface area contributed by atoms with Crippen LogP contribution >= 0.6 is 0 Å². The minimum atomic E-state index is -0.632. The molecule has 3 rings (SSSR count). The van der Waals surface area contributed by atoms with Gasteiger partial charge in [0.1, 0.15) is 12.2 Å². The van der Waals surface area contributed by atoms with E-state index in [4.69, 9.17) is 9.47 Å². The van der Waals surface area contributed by atoms with Gasteiger partial charge < -0.3 is 9.47 Å². The molecular formula is C21H24N2O2. The molecule has 0 aliphatic carbocycles. The number of ether oxygens (including phenoxy) is 2. The summed E-state index contributed by atoms with van der Waals surface area (Å²) >= 11 is 0. The monoisotopic (exact) mass is 336 g/mol. The normalized spacial score (nSPS) is 22.8. The molecular weight excluding hydrogens is 312 g/mol. The lowest BCUT2D eigenvalue weighted by Crippen LogP contribution is -2.25. The van der Waals surface area contributed by atoms with Crippen molar-refractivity contribution in [3.63, 3.8) is 0 Å². The standard InChI is InChI=1S/C21H24N2O2/c1-21(2)24-19(15-22-13-17-9-5-3-6-10-17)20(25-21)16-23-14-18-11-7-4-8-12-18/h3-12,15-16,19-20H,13-14H2,1-2H3/t19-,20+. The Labute approximate surface area is 149 Å². The summed E-state index contributed by atoms with van der Waals surface area (Å²) in [5.41, 5.74) is 2.34. The molecule has 0 aromatic heterocycles. The van der Waals surface area contributed by atoms with E-state index in [1.807, 2.05) is 62.7 Å². The number of aliphatic imine (C=N–C) groups is 2. The number of rotatable bonds is 6. The summed E-state index contributed by atoms with van der Waals surface area (Å²) in [5, 5.41) is 0. The van der Waals surface area contributed by atoms with Gasteiger partial charge in [0.05, 0.1) is 13.1 Å². The van der Waals surface area contributed by atoms with Crippen LogP contribution in [0.4, 0.5) is 0 Å². The fraction of sp³-hybridized carbons (Fsp3) is 0.333. The van der Waals surface area contributed by atoms with Crippen LogP contribution in [0, 0.1) is 0 Å². The van der Waals surface area contributed by atoms with E-state index >= 15 is 0 Å². The van der Waals surface area contributed by atoms with E-state index in [2.05, 4.69) is 34.3 Å². The molecule has 0 spiro atoms. The Morgan fingerprint density at radius 3 is 1.56 bits per heavy atom. The van der Waals surface area contributed by atoms with Crippen molar-refractivity contribution in [1.29, 1.82) is 0 Å². The SMILES string of the molecule is CC1(C)O[C@@H](C=NCc2ccccc2)[C@@H](C=NCc2ccccc2)O1. The largest absolute Gasteiger partial charge is 0.338 e. The van der Waals surface area contributed by atoms with Crippen LogP contribution in [-0.4, -0.2) is 30.4 Å². The third-order valence-electron chi connectivity index (χ3n) is 3.90. The highest BCUT2D eigenvalue weighted by molar-refractivity contribution is 5.75. The van der Waals surface area contributed by atoms with Gasteiger partial charge >= 0.3 is 0 Å². The topological polar surface area (TPSA) is 43.2 Å². The summed E-state index contributed by atoms with van der Waals surface area (Å²) in [6, 6.07) is 20.3. The molecule has 1 fully saturated rings. The summed E-state index contributed by atoms with van der Waals surface area (Å²) < 4.78 is 11.9. The second kappa shape index (κ2) is 8.19. The fourth-order valence-corrected chi connectivity index (χ4v) is 2.74. The molecule has 0 saturated carbocycles. The molecule has 130 valence electrons. The van der Waals surface area contributed by atoms with Crippen LogP contribution in [0.25, 0.3) is 0 Å². The first-order chi connectivity index (χ1) is 12.1. The lowest BCUT2D eigenvalue weighted by Gasteiger charge is -2.15. The maximum atomic E-state index is 5.94. The Morgan fingerprint density at radius 1 is 0.760 bits per heavy atom. The van der Waals surface area contributed by atoms with Gasteiger partial charge in [0.25, 0.3) is 0 Å². The van der Waals surface area contributed by atoms with Crippen molar-refractivity contribution >= 4 is 12.4 Å². The molecule has 0 amide bonds. The van der Waals surface area contributed by atoms with Gasteiger partial charge in [0.15, 0.2) is 5.79 Å². The van der Waals surface area contributed by atoms with E-state index in [0.29, 0.717) is 13.1 Å². The summed E-state index contributed by atoms with van der Waals surface area (Å²) in [7, 11) is 0. The van der Waals surface area contributed by atoms with Crippen LogP contribution in [-0.2, 0) is 22.6 Å². The molecule has 1 aliphatic heterocycles. The molecule has 2 aromatic rings. The Bertz CT molecular complexity index is 650. The Morgan fingerprint density at radius 2 is 1.16 bits per heavy atom. The van der Waals surface area contributed by atoms with Crippen LogP contribution in [0.1, 0.15) is 25.0 Å². The van der Waals surface area contributed by atoms with Gasteiger partial charge in [-0.3, -0.25) is 9.98 Å². The molecule has 1 aliphatic rings. The fourth-order valence-electron chi connectivity index (χ4n) is 2.74. The number of hydrogen-bond donors (Lipinski definition) is 0. The van der Waals surface area contributed by atoms with Crippen LogP contribution in [0.15, 0.2) is 70.6 Å². The van der Waals surface area contributed by atoms with Crippen LogP contribution in [0.5, 0.6) is 0 Å². The first-order valence-electron chi connectivity index (χ1n) is 8.56. The van der Waals surface area contributed by atoms with Gasteiger partial charge in [0.2, 0.25) is 0 Å². The van der Waals surface area contributed by atoms with E-state index < -0.39 is 5.79 Å². The molecule has 1 saturated heterocycles. The predicted molar refractivity (Wildman–Crippen MR) is 101 cm³/mol. The number of benzene rings is 2. The van der Waals surface area contributed by atoms with Crippen LogP contribution in [0.3, 0.4) is 0 Å². The first kappa shape index (κ1) is 17.5. The summed E-state index contributed by atoms with van der Waals surface area (Å²) in [6.45, 7) is 5.09. The molecule has 1 heterocycles. The quantitative estimate of drug-likeness (QED) is 0.747. The zero-order valence-electron chi connectivity index (χ0n) is 14.7. The van der Waals surface area contributed by atoms with Crippen molar-refractivity contribution in [1.82, 2.24) is 0 Å². The zero-order chi connectivity index (χ0) is 17.5.